The van der Waals surface area contributed by atoms with E-state index in [4.69, 9.17) is 4.74 Å². The van der Waals surface area contributed by atoms with Crippen molar-refractivity contribution in [1.82, 2.24) is 4.90 Å². The highest BCUT2D eigenvalue weighted by atomic mass is 32.2. The second kappa shape index (κ2) is 11.0. The molecule has 206 valence electrons. The van der Waals surface area contributed by atoms with Crippen LogP contribution in [0, 0.1) is 11.3 Å². The van der Waals surface area contributed by atoms with Crippen molar-refractivity contribution in [2.24, 2.45) is 15.7 Å². The Kier molecular flexibility index (Phi) is 8.57. The van der Waals surface area contributed by atoms with Crippen LogP contribution in [0.15, 0.2) is 27.5 Å². The van der Waals surface area contributed by atoms with Crippen molar-refractivity contribution < 1.29 is 31.2 Å². The van der Waals surface area contributed by atoms with Gasteiger partial charge in [-0.3, -0.25) is 14.3 Å². The normalized spacial score (nSPS) is 20.8. The maximum Gasteiger partial charge on any atom is 0.311 e. The van der Waals surface area contributed by atoms with Gasteiger partial charge in [-0.2, -0.15) is 8.42 Å². The Hall–Kier alpha value is -2.67. The summed E-state index contributed by atoms with van der Waals surface area (Å²) in [4.78, 5) is 27.6. The number of carbonyl (C=O) groups excluding carboxylic acids is 2. The van der Waals surface area contributed by atoms with Crippen LogP contribution in [0.3, 0.4) is 0 Å². The molecule has 11 nitrogen and oxygen atoms in total. The summed E-state index contributed by atoms with van der Waals surface area (Å²) in [6, 6.07) is 3.70. The second-order valence-corrected chi connectivity index (χ2v) is 14.0. The first kappa shape index (κ1) is 28.9. The topological polar surface area (TPSA) is 151 Å². The zero-order valence-electron chi connectivity index (χ0n) is 21.9. The minimum atomic E-state index is -4.18. The molecule has 3 rings (SSSR count). The number of hydrogen-bond donors (Lipinski definition) is 2. The van der Waals surface area contributed by atoms with Crippen molar-refractivity contribution in [3.05, 3.63) is 18.2 Å². The SMILES string of the molecule is CCOC(=O)C1CCCC1N(CCC(C)(C)C)C(=O)CC1=NS(=O)(=O)c2cc(NS(C)(=O)=O)ccc2N1. The van der Waals surface area contributed by atoms with Gasteiger partial charge in [0.15, 0.2) is 0 Å². The molecule has 1 aromatic rings. The van der Waals surface area contributed by atoms with E-state index in [9.17, 15) is 26.4 Å². The molecule has 0 spiro atoms. The number of benzene rings is 1. The number of amidine groups is 1. The van der Waals surface area contributed by atoms with Crippen LogP contribution >= 0.6 is 0 Å². The molecule has 13 heteroatoms. The van der Waals surface area contributed by atoms with Gasteiger partial charge in [0, 0.05) is 18.3 Å². The van der Waals surface area contributed by atoms with E-state index in [1.165, 1.54) is 18.2 Å². The van der Waals surface area contributed by atoms with Crippen LogP contribution in [0.1, 0.15) is 59.8 Å². The van der Waals surface area contributed by atoms with Crippen molar-refractivity contribution in [3.63, 3.8) is 0 Å². The lowest BCUT2D eigenvalue weighted by Gasteiger charge is -2.34. The summed E-state index contributed by atoms with van der Waals surface area (Å²) in [6.45, 7) is 8.62. The number of hydrogen-bond acceptors (Lipinski definition) is 8. The number of amides is 1. The molecule has 0 radical (unpaired) electrons. The third-order valence-electron chi connectivity index (χ3n) is 6.28. The Morgan fingerprint density at radius 3 is 2.57 bits per heavy atom. The van der Waals surface area contributed by atoms with E-state index in [2.05, 4.69) is 35.2 Å². The Morgan fingerprint density at radius 2 is 1.95 bits per heavy atom. The average Bonchev–Trinajstić information content (AvgIpc) is 3.22. The summed E-state index contributed by atoms with van der Waals surface area (Å²) >= 11 is 0. The molecule has 0 saturated heterocycles. The van der Waals surface area contributed by atoms with Gasteiger partial charge in [0.1, 0.15) is 10.7 Å². The number of nitrogens with one attached hydrogen (secondary N) is 2. The van der Waals surface area contributed by atoms with E-state index >= 15 is 0 Å². The summed E-state index contributed by atoms with van der Waals surface area (Å²) in [5.74, 6) is -1.10. The first-order chi connectivity index (χ1) is 17.1. The first-order valence-corrected chi connectivity index (χ1v) is 15.6. The number of nitrogens with zero attached hydrogens (tertiary/aromatic N) is 2. The third-order valence-corrected chi connectivity index (χ3v) is 8.24. The van der Waals surface area contributed by atoms with Crippen LogP contribution in [0.25, 0.3) is 0 Å². The number of carbonyl (C=O) groups is 2. The van der Waals surface area contributed by atoms with Crippen LogP contribution in [-0.2, 0) is 34.4 Å². The Morgan fingerprint density at radius 1 is 1.24 bits per heavy atom. The molecule has 1 saturated carbocycles. The van der Waals surface area contributed by atoms with Gasteiger partial charge in [-0.15, -0.1) is 4.40 Å². The molecule has 2 aliphatic rings. The number of anilines is 2. The van der Waals surface area contributed by atoms with Crippen LogP contribution in [0.4, 0.5) is 11.4 Å². The number of fused-ring (bicyclic) bond motifs is 1. The van der Waals surface area contributed by atoms with Crippen molar-refractivity contribution in [1.29, 1.82) is 0 Å². The van der Waals surface area contributed by atoms with Crippen molar-refractivity contribution >= 4 is 49.1 Å². The van der Waals surface area contributed by atoms with E-state index < -0.39 is 26.0 Å². The monoisotopic (exact) mass is 556 g/mol. The predicted octanol–water partition coefficient (Wildman–Crippen LogP) is 2.96. The van der Waals surface area contributed by atoms with Crippen LogP contribution in [-0.4, -0.2) is 64.9 Å². The number of ether oxygens (including phenoxy) is 1. The molecule has 1 aromatic carbocycles. The van der Waals surface area contributed by atoms with Crippen LogP contribution < -0.4 is 10.0 Å². The van der Waals surface area contributed by atoms with Crippen LogP contribution in [0.2, 0.25) is 0 Å². The van der Waals surface area contributed by atoms with Crippen molar-refractivity contribution in [3.8, 4) is 0 Å². The van der Waals surface area contributed by atoms with Crippen molar-refractivity contribution in [2.45, 2.75) is 70.7 Å². The van der Waals surface area contributed by atoms with E-state index in [-0.39, 0.29) is 58.5 Å². The number of sulfonamides is 2. The van der Waals surface area contributed by atoms with Gasteiger partial charge in [-0.1, -0.05) is 27.2 Å². The van der Waals surface area contributed by atoms with Gasteiger partial charge in [0.25, 0.3) is 10.0 Å². The van der Waals surface area contributed by atoms with Gasteiger partial charge in [-0.05, 0) is 49.8 Å². The molecule has 2 N–H and O–H groups in total. The van der Waals surface area contributed by atoms with Gasteiger partial charge < -0.3 is 15.0 Å². The summed E-state index contributed by atoms with van der Waals surface area (Å²) < 4.78 is 60.1. The lowest BCUT2D eigenvalue weighted by molar-refractivity contribution is -0.151. The lowest BCUT2D eigenvalue weighted by Crippen LogP contribution is -2.47. The molecule has 1 fully saturated rings. The van der Waals surface area contributed by atoms with E-state index in [1.807, 2.05) is 0 Å². The quantitative estimate of drug-likeness (QED) is 0.441. The number of esters is 1. The summed E-state index contributed by atoms with van der Waals surface area (Å²) in [5.41, 5.74) is 0.223. The first-order valence-electron chi connectivity index (χ1n) is 12.3. The molecule has 37 heavy (non-hydrogen) atoms. The predicted molar refractivity (Wildman–Crippen MR) is 141 cm³/mol. The van der Waals surface area contributed by atoms with Gasteiger partial charge in [0.2, 0.25) is 15.9 Å². The van der Waals surface area contributed by atoms with Crippen LogP contribution in [0.5, 0.6) is 0 Å². The van der Waals surface area contributed by atoms with Crippen molar-refractivity contribution in [2.75, 3.05) is 29.4 Å². The van der Waals surface area contributed by atoms with E-state index in [0.717, 1.165) is 12.7 Å². The average molecular weight is 557 g/mol. The summed E-state index contributed by atoms with van der Waals surface area (Å²) in [7, 11) is -7.78. The summed E-state index contributed by atoms with van der Waals surface area (Å²) in [5, 5.41) is 2.90. The highest BCUT2D eigenvalue weighted by Gasteiger charge is 2.40. The van der Waals surface area contributed by atoms with Gasteiger partial charge in [-0.25, -0.2) is 8.42 Å². The molecule has 2 unspecified atom stereocenters. The molecule has 1 aliphatic carbocycles. The minimum Gasteiger partial charge on any atom is -0.466 e. The Labute approximate surface area is 219 Å². The molecule has 0 aromatic heterocycles. The van der Waals surface area contributed by atoms with E-state index in [1.54, 1.807) is 11.8 Å². The third kappa shape index (κ3) is 7.67. The van der Waals surface area contributed by atoms with E-state index in [0.29, 0.717) is 25.8 Å². The molecule has 0 bridgehead atoms. The molecular formula is C24H36N4O7S2. The molecule has 2 atom stereocenters. The fraction of sp³-hybridized carbons (Fsp3) is 0.625. The molecule has 1 amide bonds. The Balaban J connectivity index is 1.85. The standard InChI is InChI=1S/C24H36N4O7S2/c1-6-35-23(30)17-8-7-9-19(17)28(13-12-24(2,3)4)22(29)15-21-25-18-11-10-16(26-36(5,31)32)14-20(18)37(33,34)27-21/h10-11,14,17,19,26H,6-9,12-13,15H2,1-5H3,(H,25,27). The highest BCUT2D eigenvalue weighted by Crippen LogP contribution is 2.34. The molecule has 1 heterocycles. The van der Waals surface area contributed by atoms with Gasteiger partial charge >= 0.3 is 5.97 Å². The fourth-order valence-electron chi connectivity index (χ4n) is 4.58. The lowest BCUT2D eigenvalue weighted by atomic mass is 9.91. The minimum absolute atomic E-state index is 0.0345. The van der Waals surface area contributed by atoms with Gasteiger partial charge in [0.05, 0.1) is 30.9 Å². The summed E-state index contributed by atoms with van der Waals surface area (Å²) in [6.07, 6.45) is 3.45. The Bertz CT molecular complexity index is 1280. The second-order valence-electron chi connectivity index (χ2n) is 10.7. The highest BCUT2D eigenvalue weighted by molar-refractivity contribution is 7.92. The number of rotatable bonds is 9. The maximum atomic E-state index is 13.6. The smallest absolute Gasteiger partial charge is 0.311 e. The zero-order chi connectivity index (χ0) is 27.6. The largest absolute Gasteiger partial charge is 0.466 e. The molecular weight excluding hydrogens is 520 g/mol. The zero-order valence-corrected chi connectivity index (χ0v) is 23.5. The molecule has 1 aliphatic heterocycles. The maximum absolute atomic E-state index is 13.6. The fourth-order valence-corrected chi connectivity index (χ4v) is 6.31.